The highest BCUT2D eigenvalue weighted by Gasteiger charge is 2.35. The molecular weight excluding hydrogens is 521 g/mol. The van der Waals surface area contributed by atoms with Gasteiger partial charge in [-0.15, -0.1) is 0 Å². The Bertz CT molecular complexity index is 1190. The van der Waals surface area contributed by atoms with Crippen LogP contribution in [-0.2, 0) is 11.0 Å². The second-order valence-corrected chi connectivity index (χ2v) is 11.4. The monoisotopic (exact) mass is 558 g/mol. The molecule has 4 rings (SSSR count). The van der Waals surface area contributed by atoms with Gasteiger partial charge in [-0.1, -0.05) is 24.3 Å². The first-order valence-corrected chi connectivity index (χ1v) is 13.7. The van der Waals surface area contributed by atoms with Gasteiger partial charge in [0.1, 0.15) is 0 Å². The standard InChI is InChI=1S/C30H37F3N4O3/c1-29(2,37-15-13-36(14-16-37)28(40)23-7-4-3-5-8-23)21-35-12-11-22(20-35)17-26(38)19-34-27(39)24-9-6-10-25(18-24)30(31,32)33/h3-10,18,22H,11-17,19-21H2,1-2H3,(H,34,39)/t22-/m0/s1. The Balaban J connectivity index is 1.19. The summed E-state index contributed by atoms with van der Waals surface area (Å²) in [5.41, 5.74) is -0.409. The zero-order chi connectivity index (χ0) is 28.9. The van der Waals surface area contributed by atoms with Gasteiger partial charge in [0, 0.05) is 62.4 Å². The number of benzene rings is 2. The van der Waals surface area contributed by atoms with Crippen LogP contribution in [0.2, 0.25) is 0 Å². The number of nitrogens with zero attached hydrogens (tertiary/aromatic N) is 3. The van der Waals surface area contributed by atoms with Crippen LogP contribution in [0.25, 0.3) is 0 Å². The molecule has 10 heteroatoms. The number of piperazine rings is 1. The molecule has 2 aliphatic heterocycles. The summed E-state index contributed by atoms with van der Waals surface area (Å²) in [5.74, 6) is -0.587. The smallest absolute Gasteiger partial charge is 0.345 e. The third kappa shape index (κ3) is 7.69. The molecule has 0 saturated carbocycles. The molecule has 0 unspecified atom stereocenters. The molecular formula is C30H37F3N4O3. The SMILES string of the molecule is CC(C)(CN1CC[C@@H](CC(=O)CNC(=O)c2cccc(C(F)(F)F)c2)C1)N1CCN(C(=O)c2ccccc2)CC1. The normalized spacial score (nSPS) is 19.0. The van der Waals surface area contributed by atoms with Gasteiger partial charge in [0.15, 0.2) is 5.78 Å². The fourth-order valence-corrected chi connectivity index (χ4v) is 5.66. The Labute approximate surface area is 233 Å². The molecule has 0 bridgehead atoms. The van der Waals surface area contributed by atoms with Crippen molar-refractivity contribution in [2.24, 2.45) is 5.92 Å². The topological polar surface area (TPSA) is 73.0 Å². The largest absolute Gasteiger partial charge is 0.416 e. The molecule has 2 saturated heterocycles. The number of hydrogen-bond acceptors (Lipinski definition) is 5. The molecule has 2 amide bonds. The summed E-state index contributed by atoms with van der Waals surface area (Å²) < 4.78 is 38.7. The van der Waals surface area contributed by atoms with E-state index in [9.17, 15) is 27.6 Å². The van der Waals surface area contributed by atoms with Crippen LogP contribution in [0, 0.1) is 5.92 Å². The Kier molecular flexibility index (Phi) is 9.30. The van der Waals surface area contributed by atoms with Gasteiger partial charge in [-0.25, -0.2) is 0 Å². The fourth-order valence-electron chi connectivity index (χ4n) is 5.66. The van der Waals surface area contributed by atoms with Gasteiger partial charge in [-0.05, 0) is 63.1 Å². The van der Waals surface area contributed by atoms with Gasteiger partial charge < -0.3 is 15.1 Å². The summed E-state index contributed by atoms with van der Waals surface area (Å²) in [6, 6.07) is 13.5. The number of amides is 2. The minimum atomic E-state index is -4.54. The molecule has 7 nitrogen and oxygen atoms in total. The van der Waals surface area contributed by atoms with Crippen molar-refractivity contribution in [1.82, 2.24) is 20.0 Å². The van der Waals surface area contributed by atoms with Crippen LogP contribution in [0.4, 0.5) is 13.2 Å². The van der Waals surface area contributed by atoms with Crippen molar-refractivity contribution in [3.63, 3.8) is 0 Å². The molecule has 40 heavy (non-hydrogen) atoms. The van der Waals surface area contributed by atoms with E-state index in [1.165, 1.54) is 12.1 Å². The number of Topliss-reactive ketones (excluding diaryl/α,β-unsaturated/α-hetero) is 1. The number of rotatable bonds is 9. The van der Waals surface area contributed by atoms with E-state index in [-0.39, 0.29) is 35.3 Å². The minimum Gasteiger partial charge on any atom is -0.345 e. The third-order valence-corrected chi connectivity index (χ3v) is 7.84. The predicted octanol–water partition coefficient (Wildman–Crippen LogP) is 3.95. The number of likely N-dealkylation sites (tertiary alicyclic amines) is 1. The summed E-state index contributed by atoms with van der Waals surface area (Å²) >= 11 is 0. The summed E-state index contributed by atoms with van der Waals surface area (Å²) in [6.07, 6.45) is -3.34. The number of nitrogens with one attached hydrogen (secondary N) is 1. The van der Waals surface area contributed by atoms with Crippen LogP contribution in [0.3, 0.4) is 0 Å². The quantitative estimate of drug-likeness (QED) is 0.505. The van der Waals surface area contributed by atoms with Gasteiger partial charge in [0.25, 0.3) is 11.8 Å². The second-order valence-electron chi connectivity index (χ2n) is 11.4. The van der Waals surface area contributed by atoms with Crippen LogP contribution >= 0.6 is 0 Å². The van der Waals surface area contributed by atoms with Crippen molar-refractivity contribution >= 4 is 17.6 Å². The Morgan fingerprint density at radius 1 is 0.900 bits per heavy atom. The first-order valence-electron chi connectivity index (χ1n) is 13.7. The van der Waals surface area contributed by atoms with Gasteiger partial charge in [-0.3, -0.25) is 19.3 Å². The molecule has 2 heterocycles. The molecule has 1 atom stereocenters. The van der Waals surface area contributed by atoms with Gasteiger partial charge in [-0.2, -0.15) is 13.2 Å². The lowest BCUT2D eigenvalue weighted by Gasteiger charge is -2.45. The first-order chi connectivity index (χ1) is 18.9. The van der Waals surface area contributed by atoms with Crippen LogP contribution in [0.1, 0.15) is 53.0 Å². The van der Waals surface area contributed by atoms with E-state index in [0.717, 1.165) is 51.3 Å². The number of ketones is 1. The molecule has 216 valence electrons. The molecule has 2 fully saturated rings. The number of carbonyl (C=O) groups is 3. The van der Waals surface area contributed by atoms with Crippen LogP contribution in [0.15, 0.2) is 54.6 Å². The van der Waals surface area contributed by atoms with E-state index in [4.69, 9.17) is 0 Å². The Hall–Kier alpha value is -3.24. The van der Waals surface area contributed by atoms with Crippen molar-refractivity contribution in [2.75, 3.05) is 52.4 Å². The van der Waals surface area contributed by atoms with E-state index < -0.39 is 17.6 Å². The number of halogens is 3. The average Bonchev–Trinajstić information content (AvgIpc) is 3.37. The maximum absolute atomic E-state index is 12.9. The lowest BCUT2D eigenvalue weighted by molar-refractivity contribution is -0.137. The molecule has 0 radical (unpaired) electrons. The zero-order valence-corrected chi connectivity index (χ0v) is 23.0. The van der Waals surface area contributed by atoms with E-state index >= 15 is 0 Å². The molecule has 0 spiro atoms. The van der Waals surface area contributed by atoms with E-state index in [2.05, 4.69) is 29.0 Å². The van der Waals surface area contributed by atoms with E-state index in [0.29, 0.717) is 25.1 Å². The van der Waals surface area contributed by atoms with Gasteiger partial charge in [0.2, 0.25) is 0 Å². The molecule has 2 aromatic carbocycles. The maximum Gasteiger partial charge on any atom is 0.416 e. The lowest BCUT2D eigenvalue weighted by atomic mass is 10.00. The number of carbonyl (C=O) groups excluding carboxylic acids is 3. The predicted molar refractivity (Wildman–Crippen MR) is 146 cm³/mol. The highest BCUT2D eigenvalue weighted by Crippen LogP contribution is 2.29. The van der Waals surface area contributed by atoms with Crippen molar-refractivity contribution in [3.8, 4) is 0 Å². The highest BCUT2D eigenvalue weighted by molar-refractivity contribution is 5.97. The Morgan fingerprint density at radius 3 is 2.25 bits per heavy atom. The number of alkyl halides is 3. The van der Waals surface area contributed by atoms with Crippen LogP contribution in [-0.4, -0.2) is 90.2 Å². The molecule has 1 N–H and O–H groups in total. The summed E-state index contributed by atoms with van der Waals surface area (Å²) in [5, 5.41) is 2.46. The summed E-state index contributed by atoms with van der Waals surface area (Å²) in [4.78, 5) is 44.3. The van der Waals surface area contributed by atoms with E-state index in [1.54, 1.807) is 0 Å². The number of hydrogen-bond donors (Lipinski definition) is 1. The van der Waals surface area contributed by atoms with Crippen LogP contribution in [0.5, 0.6) is 0 Å². The average molecular weight is 559 g/mol. The van der Waals surface area contributed by atoms with Crippen molar-refractivity contribution in [1.29, 1.82) is 0 Å². The zero-order valence-electron chi connectivity index (χ0n) is 23.0. The van der Waals surface area contributed by atoms with Gasteiger partial charge in [0.05, 0.1) is 12.1 Å². The van der Waals surface area contributed by atoms with Gasteiger partial charge >= 0.3 is 6.18 Å². The maximum atomic E-state index is 12.9. The second kappa shape index (κ2) is 12.5. The molecule has 2 aromatic rings. The fraction of sp³-hybridized carbons (Fsp3) is 0.500. The lowest BCUT2D eigenvalue weighted by Crippen LogP contribution is -2.59. The molecule has 0 aromatic heterocycles. The van der Waals surface area contributed by atoms with Crippen LogP contribution < -0.4 is 5.32 Å². The summed E-state index contributed by atoms with van der Waals surface area (Å²) in [7, 11) is 0. The molecule has 0 aliphatic carbocycles. The van der Waals surface area contributed by atoms with Crippen molar-refractivity contribution < 1.29 is 27.6 Å². The third-order valence-electron chi connectivity index (χ3n) is 7.84. The first kappa shape index (κ1) is 29.7. The minimum absolute atomic E-state index is 0.0659. The molecule has 2 aliphatic rings. The van der Waals surface area contributed by atoms with Crippen molar-refractivity contribution in [3.05, 3.63) is 71.3 Å². The van der Waals surface area contributed by atoms with Crippen molar-refractivity contribution in [2.45, 2.75) is 38.4 Å². The Morgan fingerprint density at radius 2 is 1.57 bits per heavy atom. The van der Waals surface area contributed by atoms with E-state index in [1.807, 2.05) is 35.2 Å². The summed E-state index contributed by atoms with van der Waals surface area (Å²) in [6.45, 7) is 9.68. The highest BCUT2D eigenvalue weighted by atomic mass is 19.4.